The van der Waals surface area contributed by atoms with E-state index in [4.69, 9.17) is 0 Å². The molecule has 0 spiro atoms. The molecular formula is C14H19BrN4. The molecule has 2 aromatic rings. The first-order valence-electron chi connectivity index (χ1n) is 6.30. The van der Waals surface area contributed by atoms with Gasteiger partial charge in [-0.2, -0.15) is 5.10 Å². The van der Waals surface area contributed by atoms with Crippen molar-refractivity contribution in [1.82, 2.24) is 20.1 Å². The number of halogens is 1. The molecule has 5 heteroatoms. The average molecular weight is 323 g/mol. The van der Waals surface area contributed by atoms with Gasteiger partial charge in [0.05, 0.1) is 28.6 Å². The van der Waals surface area contributed by atoms with Crippen LogP contribution >= 0.6 is 15.9 Å². The molecule has 0 fully saturated rings. The van der Waals surface area contributed by atoms with Crippen LogP contribution in [-0.2, 0) is 13.1 Å². The molecule has 0 bridgehead atoms. The van der Waals surface area contributed by atoms with Crippen LogP contribution in [0.1, 0.15) is 32.2 Å². The number of nitrogens with one attached hydrogen (secondary N) is 1. The van der Waals surface area contributed by atoms with Gasteiger partial charge in [-0.3, -0.25) is 9.67 Å². The zero-order valence-corrected chi connectivity index (χ0v) is 13.1. The van der Waals surface area contributed by atoms with Gasteiger partial charge in [0.15, 0.2) is 0 Å². The summed E-state index contributed by atoms with van der Waals surface area (Å²) in [6.45, 7) is 7.92. The van der Waals surface area contributed by atoms with Crippen molar-refractivity contribution in [3.8, 4) is 0 Å². The molecule has 0 amide bonds. The molecule has 0 aromatic carbocycles. The molecule has 0 aliphatic carbocycles. The molecule has 2 aromatic heterocycles. The summed E-state index contributed by atoms with van der Waals surface area (Å²) in [7, 11) is 0. The van der Waals surface area contributed by atoms with Crippen LogP contribution in [0.5, 0.6) is 0 Å². The third kappa shape index (κ3) is 4.76. The van der Waals surface area contributed by atoms with E-state index < -0.39 is 0 Å². The Bertz CT molecular complexity index is 542. The molecule has 2 heterocycles. The van der Waals surface area contributed by atoms with Crippen LogP contribution in [0.15, 0.2) is 35.1 Å². The molecule has 102 valence electrons. The first kappa shape index (κ1) is 14.2. The van der Waals surface area contributed by atoms with Gasteiger partial charge < -0.3 is 5.32 Å². The van der Waals surface area contributed by atoms with Gasteiger partial charge in [-0.1, -0.05) is 6.07 Å². The monoisotopic (exact) mass is 322 g/mol. The molecule has 0 unspecified atom stereocenters. The number of hydrogen-bond donors (Lipinski definition) is 1. The van der Waals surface area contributed by atoms with Gasteiger partial charge in [-0.15, -0.1) is 0 Å². The van der Waals surface area contributed by atoms with Crippen molar-refractivity contribution < 1.29 is 0 Å². The summed E-state index contributed by atoms with van der Waals surface area (Å²) in [5.41, 5.74) is 2.17. The van der Waals surface area contributed by atoms with E-state index in [1.807, 2.05) is 29.1 Å². The molecular weight excluding hydrogens is 304 g/mol. The minimum Gasteiger partial charge on any atom is -0.306 e. The van der Waals surface area contributed by atoms with Gasteiger partial charge in [0.25, 0.3) is 0 Å². The highest BCUT2D eigenvalue weighted by molar-refractivity contribution is 9.10. The Morgan fingerprint density at radius 3 is 2.63 bits per heavy atom. The average Bonchev–Trinajstić information content (AvgIpc) is 2.72. The van der Waals surface area contributed by atoms with Crippen LogP contribution in [0.4, 0.5) is 0 Å². The Hall–Kier alpha value is -1.20. The number of aromatic nitrogens is 3. The lowest BCUT2D eigenvalue weighted by Gasteiger charge is -2.20. The Balaban J connectivity index is 2.02. The van der Waals surface area contributed by atoms with E-state index in [0.29, 0.717) is 6.54 Å². The van der Waals surface area contributed by atoms with Crippen molar-refractivity contribution in [1.29, 1.82) is 0 Å². The highest BCUT2D eigenvalue weighted by Gasteiger charge is 2.09. The van der Waals surface area contributed by atoms with Crippen molar-refractivity contribution in [3.05, 3.63) is 46.5 Å². The minimum absolute atomic E-state index is 0.102. The molecule has 0 aliphatic heterocycles. The van der Waals surface area contributed by atoms with Crippen LogP contribution in [0.25, 0.3) is 0 Å². The maximum absolute atomic E-state index is 4.64. The van der Waals surface area contributed by atoms with E-state index in [0.717, 1.165) is 22.4 Å². The predicted octanol–water partition coefficient (Wildman–Crippen LogP) is 2.98. The fourth-order valence-electron chi connectivity index (χ4n) is 1.66. The first-order valence-corrected chi connectivity index (χ1v) is 7.09. The molecule has 0 aliphatic rings. The quantitative estimate of drug-likeness (QED) is 0.941. The van der Waals surface area contributed by atoms with Crippen molar-refractivity contribution >= 4 is 15.9 Å². The van der Waals surface area contributed by atoms with Gasteiger partial charge in [0.2, 0.25) is 0 Å². The van der Waals surface area contributed by atoms with Crippen molar-refractivity contribution in [2.24, 2.45) is 0 Å². The number of nitrogens with zero attached hydrogens (tertiary/aromatic N) is 3. The van der Waals surface area contributed by atoms with Gasteiger partial charge in [-0.25, -0.2) is 0 Å². The third-order valence-corrected chi connectivity index (χ3v) is 3.00. The first-order chi connectivity index (χ1) is 8.92. The summed E-state index contributed by atoms with van der Waals surface area (Å²) in [5.74, 6) is 0. The molecule has 1 N–H and O–H groups in total. The molecule has 19 heavy (non-hydrogen) atoms. The maximum atomic E-state index is 4.64. The highest BCUT2D eigenvalue weighted by Crippen LogP contribution is 2.09. The standard InChI is InChI=1S/C14H19BrN4/c1-14(2,3)16-8-12-5-4-6-13(18-12)10-19-9-11(15)7-17-19/h4-7,9,16H,8,10H2,1-3H3. The lowest BCUT2D eigenvalue weighted by Crippen LogP contribution is -2.35. The summed E-state index contributed by atoms with van der Waals surface area (Å²) < 4.78 is 2.85. The van der Waals surface area contributed by atoms with Crippen LogP contribution in [0.3, 0.4) is 0 Å². The fraction of sp³-hybridized carbons (Fsp3) is 0.429. The third-order valence-electron chi connectivity index (χ3n) is 2.59. The van der Waals surface area contributed by atoms with Crippen LogP contribution in [0, 0.1) is 0 Å². The maximum Gasteiger partial charge on any atom is 0.0831 e. The van der Waals surface area contributed by atoms with E-state index in [9.17, 15) is 0 Å². The normalized spacial score (nSPS) is 11.8. The zero-order valence-electron chi connectivity index (χ0n) is 11.5. The number of hydrogen-bond acceptors (Lipinski definition) is 3. The SMILES string of the molecule is CC(C)(C)NCc1cccc(Cn2cc(Br)cn2)n1. The second-order valence-corrected chi connectivity index (χ2v) is 6.50. The minimum atomic E-state index is 0.102. The predicted molar refractivity (Wildman–Crippen MR) is 79.9 cm³/mol. The Labute approximate surface area is 122 Å². The summed E-state index contributed by atoms with van der Waals surface area (Å²) in [5, 5.41) is 7.68. The summed E-state index contributed by atoms with van der Waals surface area (Å²) >= 11 is 3.39. The second kappa shape index (κ2) is 5.84. The Morgan fingerprint density at radius 1 is 1.26 bits per heavy atom. The molecule has 0 saturated heterocycles. The van der Waals surface area contributed by atoms with Crippen molar-refractivity contribution in [3.63, 3.8) is 0 Å². The molecule has 2 rings (SSSR count). The van der Waals surface area contributed by atoms with Gasteiger partial charge in [-0.05, 0) is 48.8 Å². The Kier molecular flexibility index (Phi) is 4.37. The van der Waals surface area contributed by atoms with Crippen molar-refractivity contribution in [2.45, 2.75) is 39.4 Å². The van der Waals surface area contributed by atoms with E-state index in [1.54, 1.807) is 6.20 Å². The number of rotatable bonds is 4. The largest absolute Gasteiger partial charge is 0.306 e. The van der Waals surface area contributed by atoms with E-state index in [2.05, 4.69) is 52.1 Å². The van der Waals surface area contributed by atoms with Crippen LogP contribution < -0.4 is 5.32 Å². The zero-order chi connectivity index (χ0) is 13.9. The lowest BCUT2D eigenvalue weighted by molar-refractivity contribution is 0.421. The van der Waals surface area contributed by atoms with Crippen LogP contribution in [0.2, 0.25) is 0 Å². The number of pyridine rings is 1. The molecule has 0 saturated carbocycles. The smallest absolute Gasteiger partial charge is 0.0831 e. The lowest BCUT2D eigenvalue weighted by atomic mass is 10.1. The molecule has 0 radical (unpaired) electrons. The van der Waals surface area contributed by atoms with Gasteiger partial charge in [0, 0.05) is 18.3 Å². The molecule has 0 atom stereocenters. The van der Waals surface area contributed by atoms with Gasteiger partial charge in [0.1, 0.15) is 0 Å². The van der Waals surface area contributed by atoms with E-state index in [1.165, 1.54) is 0 Å². The molecule has 4 nitrogen and oxygen atoms in total. The van der Waals surface area contributed by atoms with Gasteiger partial charge >= 0.3 is 0 Å². The van der Waals surface area contributed by atoms with E-state index in [-0.39, 0.29) is 5.54 Å². The summed E-state index contributed by atoms with van der Waals surface area (Å²) in [4.78, 5) is 4.64. The highest BCUT2D eigenvalue weighted by atomic mass is 79.9. The van der Waals surface area contributed by atoms with E-state index >= 15 is 0 Å². The summed E-state index contributed by atoms with van der Waals surface area (Å²) in [6.07, 6.45) is 3.73. The van der Waals surface area contributed by atoms with Crippen molar-refractivity contribution in [2.75, 3.05) is 0 Å². The topological polar surface area (TPSA) is 42.7 Å². The summed E-state index contributed by atoms with van der Waals surface area (Å²) in [6, 6.07) is 6.11. The fourth-order valence-corrected chi connectivity index (χ4v) is 1.99. The van der Waals surface area contributed by atoms with Crippen LogP contribution in [-0.4, -0.2) is 20.3 Å². The second-order valence-electron chi connectivity index (χ2n) is 5.58. The Morgan fingerprint density at radius 2 is 2.00 bits per heavy atom.